The number of piperidine rings is 1. The van der Waals surface area contributed by atoms with E-state index in [0.717, 1.165) is 56.3 Å². The number of halogens is 3. The van der Waals surface area contributed by atoms with E-state index < -0.39 is 17.9 Å². The number of hydrogen-bond acceptors (Lipinski definition) is 5. The molecule has 0 spiro atoms. The topological polar surface area (TPSA) is 48.5 Å². The van der Waals surface area contributed by atoms with E-state index in [4.69, 9.17) is 0 Å². The molecule has 2 aliphatic rings. The highest BCUT2D eigenvalue weighted by Gasteiger charge is 2.28. The highest BCUT2D eigenvalue weighted by molar-refractivity contribution is 7.22. The average molecular weight is 412 g/mol. The second-order valence-electron chi connectivity index (χ2n) is 7.50. The molecule has 0 aliphatic carbocycles. The van der Waals surface area contributed by atoms with Crippen LogP contribution in [0.15, 0.2) is 12.1 Å². The number of thiazole rings is 1. The van der Waals surface area contributed by atoms with Crippen molar-refractivity contribution in [2.45, 2.75) is 32.0 Å². The van der Waals surface area contributed by atoms with Crippen molar-refractivity contribution in [2.24, 2.45) is 5.92 Å². The van der Waals surface area contributed by atoms with E-state index in [2.05, 4.69) is 15.2 Å². The molecular weight excluding hydrogens is 389 g/mol. The van der Waals surface area contributed by atoms with E-state index in [1.54, 1.807) is 0 Å². The molecule has 152 valence electrons. The molecular formula is C19H23F3N4OS. The number of alkyl halides is 1. The molecule has 0 saturated carbocycles. The highest BCUT2D eigenvalue weighted by Crippen LogP contribution is 2.29. The SMILES string of the molecule is O=C(Nc1nc2c(F)cc(F)cc2s1)C1CCCN(CCN2CCCC2F)C1. The molecule has 9 heteroatoms. The first kappa shape index (κ1) is 19.6. The van der Waals surface area contributed by atoms with Gasteiger partial charge >= 0.3 is 0 Å². The van der Waals surface area contributed by atoms with Gasteiger partial charge < -0.3 is 10.2 Å². The van der Waals surface area contributed by atoms with E-state index >= 15 is 0 Å². The predicted octanol–water partition coefficient (Wildman–Crippen LogP) is 3.62. The number of benzene rings is 1. The lowest BCUT2D eigenvalue weighted by atomic mass is 9.97. The van der Waals surface area contributed by atoms with Crippen LogP contribution in [0.3, 0.4) is 0 Å². The first-order valence-electron chi connectivity index (χ1n) is 9.66. The van der Waals surface area contributed by atoms with Gasteiger partial charge in [-0.1, -0.05) is 11.3 Å². The Morgan fingerprint density at radius 3 is 2.82 bits per heavy atom. The smallest absolute Gasteiger partial charge is 0.230 e. The number of amides is 1. The van der Waals surface area contributed by atoms with E-state index in [1.807, 2.05) is 4.90 Å². The quantitative estimate of drug-likeness (QED) is 0.763. The van der Waals surface area contributed by atoms with Crippen LogP contribution in [0.1, 0.15) is 25.7 Å². The van der Waals surface area contributed by atoms with Crippen LogP contribution in [0.2, 0.25) is 0 Å². The second-order valence-corrected chi connectivity index (χ2v) is 8.53. The maximum absolute atomic E-state index is 13.8. The molecule has 3 heterocycles. The van der Waals surface area contributed by atoms with Gasteiger partial charge in [-0.15, -0.1) is 0 Å². The van der Waals surface area contributed by atoms with Crippen LogP contribution in [-0.4, -0.2) is 59.7 Å². The number of rotatable bonds is 5. The number of nitrogens with one attached hydrogen (secondary N) is 1. The highest BCUT2D eigenvalue weighted by atomic mass is 32.1. The first-order valence-corrected chi connectivity index (χ1v) is 10.5. The average Bonchev–Trinajstić information content (AvgIpc) is 3.26. The molecule has 1 aromatic carbocycles. The number of carbonyl (C=O) groups is 1. The molecule has 2 unspecified atom stereocenters. The molecule has 2 aromatic rings. The van der Waals surface area contributed by atoms with Gasteiger partial charge in [0, 0.05) is 32.2 Å². The largest absolute Gasteiger partial charge is 0.302 e. The fourth-order valence-corrected chi connectivity index (χ4v) is 4.91. The molecule has 2 aliphatic heterocycles. The van der Waals surface area contributed by atoms with Crippen LogP contribution in [0.25, 0.3) is 10.2 Å². The fraction of sp³-hybridized carbons (Fsp3) is 0.579. The van der Waals surface area contributed by atoms with Gasteiger partial charge in [-0.3, -0.25) is 9.69 Å². The van der Waals surface area contributed by atoms with Crippen molar-refractivity contribution in [3.05, 3.63) is 23.8 Å². The Kier molecular flexibility index (Phi) is 5.84. The fourth-order valence-electron chi connectivity index (χ4n) is 4.00. The van der Waals surface area contributed by atoms with Crippen molar-refractivity contribution >= 4 is 32.6 Å². The van der Waals surface area contributed by atoms with Gasteiger partial charge in [-0.25, -0.2) is 18.2 Å². The lowest BCUT2D eigenvalue weighted by Crippen LogP contribution is -2.44. The summed E-state index contributed by atoms with van der Waals surface area (Å²) >= 11 is 1.06. The Bertz CT molecular complexity index is 861. The van der Waals surface area contributed by atoms with Gasteiger partial charge in [0.15, 0.2) is 17.2 Å². The number of fused-ring (bicyclic) bond motifs is 1. The Morgan fingerprint density at radius 2 is 2.04 bits per heavy atom. The van der Waals surface area contributed by atoms with Crippen molar-refractivity contribution in [3.63, 3.8) is 0 Å². The second kappa shape index (κ2) is 8.34. The number of likely N-dealkylation sites (tertiary alicyclic amines) is 2. The van der Waals surface area contributed by atoms with Gasteiger partial charge in [0.05, 0.1) is 10.6 Å². The zero-order chi connectivity index (χ0) is 19.7. The summed E-state index contributed by atoms with van der Waals surface area (Å²) in [7, 11) is 0. The maximum atomic E-state index is 13.8. The van der Waals surface area contributed by atoms with E-state index in [1.165, 1.54) is 6.07 Å². The minimum Gasteiger partial charge on any atom is -0.302 e. The summed E-state index contributed by atoms with van der Waals surface area (Å²) < 4.78 is 41.2. The molecule has 1 amide bonds. The van der Waals surface area contributed by atoms with Crippen LogP contribution in [0, 0.1) is 17.6 Å². The van der Waals surface area contributed by atoms with Crippen LogP contribution in [0.5, 0.6) is 0 Å². The van der Waals surface area contributed by atoms with Crippen LogP contribution in [-0.2, 0) is 4.79 Å². The number of carbonyl (C=O) groups excluding carboxylic acids is 1. The van der Waals surface area contributed by atoms with Crippen molar-refractivity contribution in [1.82, 2.24) is 14.8 Å². The third-order valence-corrected chi connectivity index (χ3v) is 6.42. The summed E-state index contributed by atoms with van der Waals surface area (Å²) in [5.74, 6) is -1.75. The number of aromatic nitrogens is 1. The Morgan fingerprint density at radius 1 is 1.21 bits per heavy atom. The van der Waals surface area contributed by atoms with E-state index in [-0.39, 0.29) is 22.5 Å². The molecule has 28 heavy (non-hydrogen) atoms. The predicted molar refractivity (Wildman–Crippen MR) is 103 cm³/mol. The number of anilines is 1. The minimum atomic E-state index is -0.840. The summed E-state index contributed by atoms with van der Waals surface area (Å²) in [6, 6.07) is 2.00. The van der Waals surface area contributed by atoms with Crippen molar-refractivity contribution in [1.29, 1.82) is 0 Å². The Hall–Kier alpha value is -1.71. The van der Waals surface area contributed by atoms with E-state index in [0.29, 0.717) is 24.2 Å². The lowest BCUT2D eigenvalue weighted by Gasteiger charge is -2.33. The molecule has 5 nitrogen and oxygen atoms in total. The molecule has 2 atom stereocenters. The molecule has 1 N–H and O–H groups in total. The van der Waals surface area contributed by atoms with Gasteiger partial charge in [0.25, 0.3) is 0 Å². The summed E-state index contributed by atoms with van der Waals surface area (Å²) in [4.78, 5) is 20.8. The molecule has 2 saturated heterocycles. The minimum absolute atomic E-state index is 0.0679. The van der Waals surface area contributed by atoms with Crippen molar-refractivity contribution in [3.8, 4) is 0 Å². The third-order valence-electron chi connectivity index (χ3n) is 5.51. The number of nitrogens with zero attached hydrogens (tertiary/aromatic N) is 3. The molecule has 1 aromatic heterocycles. The molecule has 2 fully saturated rings. The zero-order valence-electron chi connectivity index (χ0n) is 15.5. The van der Waals surface area contributed by atoms with Gasteiger partial charge in [-0.2, -0.15) is 0 Å². The van der Waals surface area contributed by atoms with Crippen molar-refractivity contribution < 1.29 is 18.0 Å². The van der Waals surface area contributed by atoms with Gasteiger partial charge in [0.2, 0.25) is 5.91 Å². The lowest BCUT2D eigenvalue weighted by molar-refractivity contribution is -0.121. The zero-order valence-corrected chi connectivity index (χ0v) is 16.3. The number of hydrogen-bond donors (Lipinski definition) is 1. The van der Waals surface area contributed by atoms with Gasteiger partial charge in [-0.05, 0) is 38.3 Å². The summed E-state index contributed by atoms with van der Waals surface area (Å²) in [6.45, 7) is 3.74. The molecule has 0 radical (unpaired) electrons. The first-order chi connectivity index (χ1) is 13.5. The monoisotopic (exact) mass is 412 g/mol. The summed E-state index contributed by atoms with van der Waals surface area (Å²) in [5, 5.41) is 3.03. The van der Waals surface area contributed by atoms with Crippen LogP contribution < -0.4 is 5.32 Å². The standard InChI is InChI=1S/C19H23F3N4OS/c20-13-9-14(21)17-15(10-13)28-19(23-17)24-18(27)12-3-1-5-25(11-12)7-8-26-6-2-4-16(26)22/h9-10,12,16H,1-8,11H2,(H,23,24,27). The summed E-state index contributed by atoms with van der Waals surface area (Å²) in [6.07, 6.45) is 2.34. The maximum Gasteiger partial charge on any atom is 0.230 e. The Labute approximate surface area is 165 Å². The Balaban J connectivity index is 1.34. The van der Waals surface area contributed by atoms with E-state index in [9.17, 15) is 18.0 Å². The van der Waals surface area contributed by atoms with Gasteiger partial charge in [0.1, 0.15) is 11.3 Å². The normalized spacial score (nSPS) is 24.1. The van der Waals surface area contributed by atoms with Crippen molar-refractivity contribution in [2.75, 3.05) is 38.0 Å². The molecule has 4 rings (SSSR count). The molecule has 0 bridgehead atoms. The van der Waals surface area contributed by atoms with Crippen LogP contribution in [0.4, 0.5) is 18.3 Å². The van der Waals surface area contributed by atoms with Crippen LogP contribution >= 0.6 is 11.3 Å². The third kappa shape index (κ3) is 4.31. The summed E-state index contributed by atoms with van der Waals surface area (Å²) in [5.41, 5.74) is 0.0679.